The number of amides is 1. The average Bonchev–Trinajstić information content (AvgIpc) is 3.25. The van der Waals surface area contributed by atoms with E-state index in [2.05, 4.69) is 30.1 Å². The molecular formula is C21H18N2O3S2. The predicted molar refractivity (Wildman–Crippen MR) is 116 cm³/mol. The van der Waals surface area contributed by atoms with Crippen molar-refractivity contribution in [3.8, 4) is 11.5 Å². The summed E-state index contributed by atoms with van der Waals surface area (Å²) >= 11 is 6.81. The van der Waals surface area contributed by atoms with Gasteiger partial charge in [-0.3, -0.25) is 9.69 Å². The molecule has 1 amide bonds. The molecule has 1 fully saturated rings. The smallest absolute Gasteiger partial charge is 0.270 e. The second-order valence-corrected chi connectivity index (χ2v) is 8.64. The van der Waals surface area contributed by atoms with E-state index in [0.717, 1.165) is 24.9 Å². The summed E-state index contributed by atoms with van der Waals surface area (Å²) in [6.45, 7) is 1.28. The van der Waals surface area contributed by atoms with Crippen LogP contribution in [-0.2, 0) is 11.2 Å². The van der Waals surface area contributed by atoms with E-state index in [0.29, 0.717) is 26.4 Å². The number of benzene rings is 2. The Hall–Kier alpha value is -2.51. The van der Waals surface area contributed by atoms with Crippen molar-refractivity contribution in [1.82, 2.24) is 0 Å². The molecule has 3 aliphatic heterocycles. The van der Waals surface area contributed by atoms with Crippen LogP contribution in [0.5, 0.6) is 11.5 Å². The maximum Gasteiger partial charge on any atom is 0.270 e. The van der Waals surface area contributed by atoms with Crippen LogP contribution in [0.4, 0.5) is 11.4 Å². The summed E-state index contributed by atoms with van der Waals surface area (Å²) in [5.41, 5.74) is 4.33. The van der Waals surface area contributed by atoms with Gasteiger partial charge in [-0.2, -0.15) is 0 Å². The fourth-order valence-corrected chi connectivity index (χ4v) is 5.06. The Morgan fingerprint density at radius 1 is 1.14 bits per heavy atom. The van der Waals surface area contributed by atoms with E-state index < -0.39 is 0 Å². The first-order valence-electron chi connectivity index (χ1n) is 9.12. The number of carbonyl (C=O) groups is 1. The molecule has 0 unspecified atom stereocenters. The predicted octanol–water partition coefficient (Wildman–Crippen LogP) is 4.20. The molecule has 0 aliphatic carbocycles. The maximum absolute atomic E-state index is 13.0. The molecule has 7 heteroatoms. The van der Waals surface area contributed by atoms with Gasteiger partial charge in [0.25, 0.3) is 5.91 Å². The highest BCUT2D eigenvalue weighted by molar-refractivity contribution is 8.27. The molecule has 0 atom stereocenters. The molecule has 142 valence electrons. The first-order chi connectivity index (χ1) is 13.6. The third-order valence-electron chi connectivity index (χ3n) is 5.16. The van der Waals surface area contributed by atoms with Crippen LogP contribution < -0.4 is 19.3 Å². The molecule has 0 aromatic heterocycles. The highest BCUT2D eigenvalue weighted by atomic mass is 32.2. The third kappa shape index (κ3) is 2.95. The minimum absolute atomic E-state index is 0.108. The summed E-state index contributed by atoms with van der Waals surface area (Å²) < 4.78 is 11.3. The monoisotopic (exact) mass is 410 g/mol. The van der Waals surface area contributed by atoms with E-state index in [-0.39, 0.29) is 12.7 Å². The first kappa shape index (κ1) is 17.6. The fourth-order valence-electron chi connectivity index (χ4n) is 3.76. The zero-order valence-electron chi connectivity index (χ0n) is 15.3. The second kappa shape index (κ2) is 6.83. The quantitative estimate of drug-likeness (QED) is 0.546. The standard InChI is InChI=1S/C21H18N2O3S2/c1-22-8-2-3-14-9-13(4-6-16(14)22)10-19-20(24)23(21(27)28-19)15-5-7-17-18(11-15)26-12-25-17/h4-7,9-11H,2-3,8,12H2,1H3. The fraction of sp³-hybridized carbons (Fsp3) is 0.238. The van der Waals surface area contributed by atoms with Crippen LogP contribution in [0, 0.1) is 0 Å². The summed E-state index contributed by atoms with van der Waals surface area (Å²) in [6.07, 6.45) is 4.15. The van der Waals surface area contributed by atoms with Gasteiger partial charge in [0.05, 0.1) is 10.6 Å². The lowest BCUT2D eigenvalue weighted by molar-refractivity contribution is -0.113. The topological polar surface area (TPSA) is 42.0 Å². The highest BCUT2D eigenvalue weighted by Crippen LogP contribution is 2.41. The van der Waals surface area contributed by atoms with Crippen LogP contribution in [0.3, 0.4) is 0 Å². The molecule has 5 nitrogen and oxygen atoms in total. The molecule has 28 heavy (non-hydrogen) atoms. The Kier molecular flexibility index (Phi) is 4.29. The minimum atomic E-state index is -0.108. The van der Waals surface area contributed by atoms with Crippen molar-refractivity contribution in [3.05, 3.63) is 52.4 Å². The summed E-state index contributed by atoms with van der Waals surface area (Å²) in [6, 6.07) is 11.8. The number of carbonyl (C=O) groups excluding carboxylic acids is 1. The number of hydrogen-bond acceptors (Lipinski definition) is 6. The average molecular weight is 411 g/mol. The first-order valence-corrected chi connectivity index (χ1v) is 10.3. The number of ether oxygens (including phenoxy) is 2. The van der Waals surface area contributed by atoms with Crippen LogP contribution in [0.2, 0.25) is 0 Å². The van der Waals surface area contributed by atoms with Crippen molar-refractivity contribution in [2.75, 3.05) is 30.2 Å². The van der Waals surface area contributed by atoms with Crippen molar-refractivity contribution in [2.45, 2.75) is 12.8 Å². The Balaban J connectivity index is 1.44. The summed E-state index contributed by atoms with van der Waals surface area (Å²) in [4.78, 5) is 17.5. The molecule has 0 N–H and O–H groups in total. The van der Waals surface area contributed by atoms with E-state index in [1.807, 2.05) is 12.1 Å². The molecule has 2 aromatic rings. The molecular weight excluding hydrogens is 392 g/mol. The van der Waals surface area contributed by atoms with Crippen LogP contribution in [-0.4, -0.2) is 30.6 Å². The number of nitrogens with zero attached hydrogens (tertiary/aromatic N) is 2. The number of thioether (sulfide) groups is 1. The van der Waals surface area contributed by atoms with Gasteiger partial charge in [-0.05, 0) is 54.3 Å². The lowest BCUT2D eigenvalue weighted by Crippen LogP contribution is -2.27. The lowest BCUT2D eigenvalue weighted by Gasteiger charge is -2.27. The van der Waals surface area contributed by atoms with E-state index in [9.17, 15) is 4.79 Å². The zero-order valence-corrected chi connectivity index (χ0v) is 16.9. The van der Waals surface area contributed by atoms with E-state index in [4.69, 9.17) is 21.7 Å². The van der Waals surface area contributed by atoms with Gasteiger partial charge in [0, 0.05) is 25.3 Å². The summed E-state index contributed by atoms with van der Waals surface area (Å²) in [5.74, 6) is 1.21. The molecule has 0 spiro atoms. The van der Waals surface area contributed by atoms with Crippen molar-refractivity contribution >= 4 is 51.7 Å². The van der Waals surface area contributed by atoms with Gasteiger partial charge in [0.15, 0.2) is 15.8 Å². The van der Waals surface area contributed by atoms with Crippen LogP contribution >= 0.6 is 24.0 Å². The Bertz CT molecular complexity index is 1030. The van der Waals surface area contributed by atoms with E-state index >= 15 is 0 Å². The molecule has 0 bridgehead atoms. The van der Waals surface area contributed by atoms with Gasteiger partial charge in [-0.1, -0.05) is 30.0 Å². The van der Waals surface area contributed by atoms with E-state index in [1.165, 1.54) is 23.0 Å². The van der Waals surface area contributed by atoms with Crippen LogP contribution in [0.15, 0.2) is 41.3 Å². The van der Waals surface area contributed by atoms with E-state index in [1.54, 1.807) is 17.0 Å². The van der Waals surface area contributed by atoms with Gasteiger partial charge in [-0.15, -0.1) is 0 Å². The van der Waals surface area contributed by atoms with Gasteiger partial charge in [0.1, 0.15) is 0 Å². The number of fused-ring (bicyclic) bond motifs is 2. The molecule has 3 heterocycles. The Morgan fingerprint density at radius 2 is 2.00 bits per heavy atom. The lowest BCUT2D eigenvalue weighted by atomic mass is 9.99. The van der Waals surface area contributed by atoms with Crippen molar-refractivity contribution < 1.29 is 14.3 Å². The number of rotatable bonds is 2. The molecule has 2 aromatic carbocycles. The SMILES string of the molecule is CN1CCCc2cc(C=C3SC(=S)N(c4ccc5c(c4)OCO5)C3=O)ccc21. The highest BCUT2D eigenvalue weighted by Gasteiger charge is 2.34. The van der Waals surface area contributed by atoms with Gasteiger partial charge < -0.3 is 14.4 Å². The van der Waals surface area contributed by atoms with Crippen LogP contribution in [0.25, 0.3) is 6.08 Å². The van der Waals surface area contributed by atoms with Gasteiger partial charge in [-0.25, -0.2) is 0 Å². The molecule has 0 saturated carbocycles. The molecule has 0 radical (unpaired) electrons. The largest absolute Gasteiger partial charge is 0.454 e. The summed E-state index contributed by atoms with van der Waals surface area (Å²) in [7, 11) is 2.12. The normalized spacial score (nSPS) is 19.5. The van der Waals surface area contributed by atoms with Gasteiger partial charge in [0.2, 0.25) is 6.79 Å². The number of hydrogen-bond donors (Lipinski definition) is 0. The number of thiocarbonyl (C=S) groups is 1. The van der Waals surface area contributed by atoms with Crippen LogP contribution in [0.1, 0.15) is 17.5 Å². The van der Waals surface area contributed by atoms with Crippen molar-refractivity contribution in [1.29, 1.82) is 0 Å². The Morgan fingerprint density at radius 3 is 2.89 bits per heavy atom. The molecule has 5 rings (SSSR count). The zero-order chi connectivity index (χ0) is 19.3. The van der Waals surface area contributed by atoms with Crippen molar-refractivity contribution in [3.63, 3.8) is 0 Å². The molecule has 1 saturated heterocycles. The Labute approximate surface area is 172 Å². The van der Waals surface area contributed by atoms with Crippen molar-refractivity contribution in [2.24, 2.45) is 0 Å². The summed E-state index contributed by atoms with van der Waals surface area (Å²) in [5, 5.41) is 0. The van der Waals surface area contributed by atoms with Gasteiger partial charge >= 0.3 is 0 Å². The second-order valence-electron chi connectivity index (χ2n) is 6.97. The number of anilines is 2. The maximum atomic E-state index is 13.0. The third-order valence-corrected chi connectivity index (χ3v) is 6.46. The minimum Gasteiger partial charge on any atom is -0.454 e. The molecule has 3 aliphatic rings. The number of aryl methyl sites for hydroxylation is 1.